The fourth-order valence-electron chi connectivity index (χ4n) is 2.45. The number of carbonyl (C=O) groups excluding carboxylic acids is 1. The first-order valence-corrected chi connectivity index (χ1v) is 7.00. The van der Waals surface area contributed by atoms with E-state index in [4.69, 9.17) is 10.1 Å². The van der Waals surface area contributed by atoms with Gasteiger partial charge in [0.25, 0.3) is 0 Å². The zero-order valence-corrected chi connectivity index (χ0v) is 12.5. The molecule has 0 atom stereocenters. The van der Waals surface area contributed by atoms with Crippen molar-refractivity contribution in [3.63, 3.8) is 0 Å². The Balaban J connectivity index is 1.87. The van der Waals surface area contributed by atoms with Crippen LogP contribution < -0.4 is 0 Å². The maximum absolute atomic E-state index is 12.0. The maximum atomic E-state index is 12.0. The summed E-state index contributed by atoms with van der Waals surface area (Å²) < 4.78 is 5.38. The van der Waals surface area contributed by atoms with Crippen LogP contribution in [0.25, 0.3) is 0 Å². The van der Waals surface area contributed by atoms with Crippen molar-refractivity contribution in [3.8, 4) is 0 Å². The predicted octanol–water partition coefficient (Wildman–Crippen LogP) is 2.75. The van der Waals surface area contributed by atoms with Crippen LogP contribution in [0.1, 0.15) is 33.6 Å². The van der Waals surface area contributed by atoms with Gasteiger partial charge in [-0.1, -0.05) is 6.58 Å². The minimum absolute atomic E-state index is 0.243. The highest BCUT2D eigenvalue weighted by molar-refractivity contribution is 6.01. The van der Waals surface area contributed by atoms with Gasteiger partial charge in [0.1, 0.15) is 11.4 Å². The third-order valence-electron chi connectivity index (χ3n) is 3.51. The molecule has 0 saturated carbocycles. The normalized spacial score (nSPS) is 20.8. The van der Waals surface area contributed by atoms with Gasteiger partial charge in [-0.05, 0) is 39.7 Å². The van der Waals surface area contributed by atoms with Crippen molar-refractivity contribution < 1.29 is 9.53 Å². The molecule has 2 rings (SSSR count). The molecule has 0 bridgehead atoms. The minimum Gasteiger partial charge on any atom is -0.444 e. The van der Waals surface area contributed by atoms with E-state index >= 15 is 0 Å². The van der Waals surface area contributed by atoms with Crippen molar-refractivity contribution in [1.82, 2.24) is 9.80 Å². The molecule has 1 amide bonds. The van der Waals surface area contributed by atoms with E-state index < -0.39 is 5.60 Å². The number of piperidine rings is 1. The Kier molecular flexibility index (Phi) is 3.88. The molecule has 0 aliphatic carbocycles. The lowest BCUT2D eigenvalue weighted by molar-refractivity contribution is 0.0184. The Bertz CT molecular complexity index is 454. The van der Waals surface area contributed by atoms with Crippen LogP contribution in [0.3, 0.4) is 0 Å². The van der Waals surface area contributed by atoms with E-state index in [1.807, 2.05) is 37.9 Å². The highest BCUT2D eigenvalue weighted by Crippen LogP contribution is 2.24. The molecule has 2 aliphatic heterocycles. The molecule has 0 unspecified atom stereocenters. The van der Waals surface area contributed by atoms with Gasteiger partial charge in [-0.15, -0.1) is 0 Å². The number of amidine groups is 1. The summed E-state index contributed by atoms with van der Waals surface area (Å²) in [6.45, 7) is 10.8. The van der Waals surface area contributed by atoms with Gasteiger partial charge in [-0.25, -0.2) is 4.79 Å². The molecule has 20 heavy (non-hydrogen) atoms. The molecule has 1 fully saturated rings. The topological polar surface area (TPSA) is 56.6 Å². The first-order valence-electron chi connectivity index (χ1n) is 7.00. The summed E-state index contributed by atoms with van der Waals surface area (Å²) in [6.07, 6.45) is 5.23. The lowest BCUT2D eigenvalue weighted by Gasteiger charge is -2.37. The molecular weight excluding hydrogens is 254 g/mol. The molecule has 0 aromatic rings. The van der Waals surface area contributed by atoms with Gasteiger partial charge in [0, 0.05) is 30.9 Å². The lowest BCUT2D eigenvalue weighted by atomic mass is 10.0. The van der Waals surface area contributed by atoms with E-state index in [0.717, 1.165) is 18.4 Å². The van der Waals surface area contributed by atoms with Crippen LogP contribution in [0.5, 0.6) is 0 Å². The van der Waals surface area contributed by atoms with E-state index in [1.165, 1.54) is 0 Å². The van der Waals surface area contributed by atoms with Crippen LogP contribution in [0, 0.1) is 5.41 Å². The van der Waals surface area contributed by atoms with E-state index in [0.29, 0.717) is 18.9 Å². The van der Waals surface area contributed by atoms with E-state index in [-0.39, 0.29) is 12.1 Å². The molecule has 0 radical (unpaired) electrons. The fraction of sp³-hybridized carbons (Fsp3) is 0.600. The van der Waals surface area contributed by atoms with Crippen LogP contribution in [0.15, 0.2) is 24.4 Å². The monoisotopic (exact) mass is 277 g/mol. The fourth-order valence-corrected chi connectivity index (χ4v) is 2.45. The Labute approximate surface area is 120 Å². The second kappa shape index (κ2) is 5.31. The maximum Gasteiger partial charge on any atom is 0.410 e. The smallest absolute Gasteiger partial charge is 0.410 e. The molecule has 0 aromatic carbocycles. The van der Waals surface area contributed by atoms with Crippen molar-refractivity contribution in [3.05, 3.63) is 24.4 Å². The first-order chi connectivity index (χ1) is 9.28. The molecule has 0 spiro atoms. The Morgan fingerprint density at radius 2 is 2.00 bits per heavy atom. The van der Waals surface area contributed by atoms with Crippen LogP contribution in [0.4, 0.5) is 4.79 Å². The summed E-state index contributed by atoms with van der Waals surface area (Å²) in [6, 6.07) is 0.275. The van der Waals surface area contributed by atoms with Crippen molar-refractivity contribution in [1.29, 1.82) is 5.41 Å². The number of ether oxygens (including phenoxy) is 1. The second-order valence-electron chi connectivity index (χ2n) is 6.30. The molecule has 110 valence electrons. The van der Waals surface area contributed by atoms with Crippen molar-refractivity contribution in [2.24, 2.45) is 0 Å². The number of rotatable bonds is 1. The zero-order chi connectivity index (χ0) is 14.9. The van der Waals surface area contributed by atoms with Gasteiger partial charge < -0.3 is 14.5 Å². The third-order valence-corrected chi connectivity index (χ3v) is 3.51. The molecule has 2 heterocycles. The largest absolute Gasteiger partial charge is 0.444 e. The van der Waals surface area contributed by atoms with Gasteiger partial charge >= 0.3 is 6.09 Å². The standard InChI is InChI=1S/C15H23N3O2/c1-11-5-10-18(13(11)16)12-6-8-17(9-7-12)14(19)20-15(2,3)4/h5,10,12,16H,1,6-9H2,2-4H3. The summed E-state index contributed by atoms with van der Waals surface area (Å²) in [4.78, 5) is 15.7. The summed E-state index contributed by atoms with van der Waals surface area (Å²) in [5.74, 6) is 0.473. The number of likely N-dealkylation sites (tertiary alicyclic amines) is 1. The average molecular weight is 277 g/mol. The number of hydrogen-bond acceptors (Lipinski definition) is 3. The van der Waals surface area contributed by atoms with Gasteiger partial charge in [0.15, 0.2) is 0 Å². The zero-order valence-electron chi connectivity index (χ0n) is 12.5. The quantitative estimate of drug-likeness (QED) is 0.801. The summed E-state index contributed by atoms with van der Waals surface area (Å²) in [7, 11) is 0. The number of carbonyl (C=O) groups is 1. The number of hydrogen-bond donors (Lipinski definition) is 1. The molecule has 1 N–H and O–H groups in total. The number of nitrogens with zero attached hydrogens (tertiary/aromatic N) is 2. The third kappa shape index (κ3) is 3.21. The second-order valence-corrected chi connectivity index (χ2v) is 6.30. The SMILES string of the molecule is C=C1C=CN(C2CCN(C(=O)OC(C)(C)C)CC2)C1=N. The highest BCUT2D eigenvalue weighted by Gasteiger charge is 2.31. The minimum atomic E-state index is -0.453. The Morgan fingerprint density at radius 1 is 1.40 bits per heavy atom. The van der Waals surface area contributed by atoms with Gasteiger partial charge in [-0.2, -0.15) is 0 Å². The Hall–Kier alpha value is -1.78. The van der Waals surface area contributed by atoms with Crippen molar-refractivity contribution >= 4 is 11.9 Å². The number of nitrogens with one attached hydrogen (secondary N) is 1. The first kappa shape index (κ1) is 14.6. The molecule has 2 aliphatic rings. The molecule has 1 saturated heterocycles. The average Bonchev–Trinajstić information content (AvgIpc) is 2.68. The molecule has 5 nitrogen and oxygen atoms in total. The summed E-state index contributed by atoms with van der Waals surface area (Å²) in [5, 5.41) is 7.96. The lowest BCUT2D eigenvalue weighted by Crippen LogP contribution is -2.47. The van der Waals surface area contributed by atoms with Gasteiger partial charge in [-0.3, -0.25) is 5.41 Å². The van der Waals surface area contributed by atoms with Crippen molar-refractivity contribution in [2.45, 2.75) is 45.3 Å². The Morgan fingerprint density at radius 3 is 2.45 bits per heavy atom. The van der Waals surface area contributed by atoms with E-state index in [2.05, 4.69) is 6.58 Å². The van der Waals surface area contributed by atoms with Gasteiger partial charge in [0.2, 0.25) is 0 Å². The van der Waals surface area contributed by atoms with Crippen LogP contribution in [0.2, 0.25) is 0 Å². The molecular formula is C15H23N3O2. The molecule has 5 heteroatoms. The van der Waals surface area contributed by atoms with Crippen LogP contribution in [-0.2, 0) is 4.74 Å². The van der Waals surface area contributed by atoms with E-state index in [1.54, 1.807) is 4.90 Å². The van der Waals surface area contributed by atoms with Crippen LogP contribution >= 0.6 is 0 Å². The van der Waals surface area contributed by atoms with Crippen molar-refractivity contribution in [2.75, 3.05) is 13.1 Å². The highest BCUT2D eigenvalue weighted by atomic mass is 16.6. The van der Waals surface area contributed by atoms with E-state index in [9.17, 15) is 4.79 Å². The predicted molar refractivity (Wildman–Crippen MR) is 78.7 cm³/mol. The molecule has 0 aromatic heterocycles. The van der Waals surface area contributed by atoms with Crippen LogP contribution in [-0.4, -0.2) is 46.5 Å². The number of amides is 1. The summed E-state index contributed by atoms with van der Waals surface area (Å²) in [5.41, 5.74) is 0.297. The van der Waals surface area contributed by atoms with Gasteiger partial charge in [0.05, 0.1) is 0 Å². The summed E-state index contributed by atoms with van der Waals surface area (Å²) >= 11 is 0.